The molecule has 1 aliphatic heterocycles. The zero-order chi connectivity index (χ0) is 56.7. The highest BCUT2D eigenvalue weighted by atomic mass is 16.3. The maximum Gasteiger partial charge on any atom is 0.135 e. The molecule has 0 saturated carbocycles. The van der Waals surface area contributed by atoms with E-state index in [9.17, 15) is 0 Å². The van der Waals surface area contributed by atoms with E-state index in [0.29, 0.717) is 0 Å². The molecule has 1 atom stereocenters. The van der Waals surface area contributed by atoms with Crippen LogP contribution in [0.25, 0.3) is 116 Å². The molecule has 0 radical (unpaired) electrons. The van der Waals surface area contributed by atoms with E-state index in [1.165, 1.54) is 127 Å². The SMILES string of the molecule is c1ccc2c(c1)-c1ccccc1C21c2ccccc2-c2ccc(N(c3ccc(-c4ccc5oc6ccccc6c5c4)cc3)c3ccc4cc(-c5ccc6c(c5)[C@@]5(c7ccccc7-6)c6ccccc6-n6c7ccccc7c7cccc5c76)ccc4c3)cc21. The first-order chi connectivity index (χ1) is 43.1. The second kappa shape index (κ2) is 17.2. The summed E-state index contributed by atoms with van der Waals surface area (Å²) in [5.41, 5.74) is 30.9. The first-order valence-corrected chi connectivity index (χ1v) is 30.3. The molecular formula is C84H50N2O. The Kier molecular flexibility index (Phi) is 9.32. The topological polar surface area (TPSA) is 21.3 Å². The van der Waals surface area contributed by atoms with Gasteiger partial charge in [0.05, 0.1) is 27.6 Å². The van der Waals surface area contributed by atoms with Gasteiger partial charge in [-0.1, -0.05) is 224 Å². The van der Waals surface area contributed by atoms with Crippen molar-refractivity contribution in [1.29, 1.82) is 0 Å². The van der Waals surface area contributed by atoms with Gasteiger partial charge in [0.25, 0.3) is 0 Å². The Morgan fingerprint density at radius 3 is 1.46 bits per heavy atom. The van der Waals surface area contributed by atoms with Crippen LogP contribution in [0.2, 0.25) is 0 Å². The monoisotopic (exact) mass is 1100 g/mol. The van der Waals surface area contributed by atoms with E-state index in [-0.39, 0.29) is 0 Å². The standard InChI is InChI=1S/C84H50N2O/c1-7-23-70-60(16-1)61-17-2-8-24-71(61)83(70)72-25-9-3-19-63(72)65-44-42-59(50-77(65)83)85(57-39-34-51(35-40-57)55-38-45-81-69(48-55)67-21-6-14-31-80(67)87-81)58-41-36-53-46-52(32-33-54(53)47-58)56-37-43-64-62-18-4-10-26-73(62)84(76(64)49-56)74-27-11-13-30-79(74)86-78-29-12-5-20-66(78)68-22-15-28-75(84)82(68)86/h1-50H/t84-/m0/s1. The number of rotatable bonds is 5. The van der Waals surface area contributed by atoms with Crippen molar-refractivity contribution in [1.82, 2.24) is 4.57 Å². The van der Waals surface area contributed by atoms with Crippen molar-refractivity contribution in [2.24, 2.45) is 0 Å². The Bertz CT molecular complexity index is 5620. The van der Waals surface area contributed by atoms with Gasteiger partial charge >= 0.3 is 0 Å². The van der Waals surface area contributed by atoms with E-state index in [1.807, 2.05) is 12.1 Å². The van der Waals surface area contributed by atoms with Crippen LogP contribution in [0, 0.1) is 0 Å². The summed E-state index contributed by atoms with van der Waals surface area (Å²) in [4.78, 5) is 2.47. The number of benzene rings is 14. The average molecular weight is 1100 g/mol. The Labute approximate surface area is 502 Å². The van der Waals surface area contributed by atoms with Crippen LogP contribution >= 0.6 is 0 Å². The van der Waals surface area contributed by atoms with E-state index in [1.54, 1.807) is 0 Å². The van der Waals surface area contributed by atoms with Crippen LogP contribution in [-0.2, 0) is 10.8 Å². The maximum absolute atomic E-state index is 6.26. The number of hydrogen-bond donors (Lipinski definition) is 0. The van der Waals surface area contributed by atoms with Crippen molar-refractivity contribution in [2.75, 3.05) is 4.90 Å². The van der Waals surface area contributed by atoms with E-state index < -0.39 is 10.8 Å². The largest absolute Gasteiger partial charge is 0.456 e. The second-order valence-corrected chi connectivity index (χ2v) is 24.2. The third-order valence-electron chi connectivity index (χ3n) is 20.2. The number of anilines is 3. The molecule has 2 spiro atoms. The summed E-state index contributed by atoms with van der Waals surface area (Å²) < 4.78 is 8.78. The molecule has 402 valence electrons. The van der Waals surface area contributed by atoms with E-state index in [4.69, 9.17) is 4.42 Å². The van der Waals surface area contributed by atoms with Crippen molar-refractivity contribution < 1.29 is 4.42 Å². The average Bonchev–Trinajstić information content (AvgIpc) is 1.70. The smallest absolute Gasteiger partial charge is 0.135 e. The molecule has 0 saturated heterocycles. The lowest BCUT2D eigenvalue weighted by Gasteiger charge is -2.39. The van der Waals surface area contributed by atoms with Crippen molar-refractivity contribution in [3.8, 4) is 61.3 Å². The first kappa shape index (κ1) is 47.1. The molecule has 3 heteroatoms. The van der Waals surface area contributed by atoms with E-state index in [2.05, 4.69) is 301 Å². The van der Waals surface area contributed by atoms with Crippen LogP contribution in [0.1, 0.15) is 44.5 Å². The number of para-hydroxylation sites is 4. The van der Waals surface area contributed by atoms with Crippen LogP contribution in [0.4, 0.5) is 17.1 Å². The molecule has 0 bridgehead atoms. The van der Waals surface area contributed by atoms with Gasteiger partial charge in [-0.25, -0.2) is 0 Å². The molecule has 3 aliphatic carbocycles. The normalized spacial score (nSPS) is 15.0. The van der Waals surface area contributed by atoms with Gasteiger partial charge < -0.3 is 13.9 Å². The molecular weight excluding hydrogens is 1050 g/mol. The fraction of sp³-hybridized carbons (Fsp3) is 0.0238. The molecule has 14 aromatic carbocycles. The second-order valence-electron chi connectivity index (χ2n) is 24.2. The van der Waals surface area contributed by atoms with Crippen LogP contribution in [0.5, 0.6) is 0 Å². The van der Waals surface area contributed by atoms with Crippen molar-refractivity contribution in [2.45, 2.75) is 10.8 Å². The van der Waals surface area contributed by atoms with Crippen molar-refractivity contribution >= 4 is 71.6 Å². The van der Waals surface area contributed by atoms with Crippen LogP contribution in [0.3, 0.4) is 0 Å². The van der Waals surface area contributed by atoms with Crippen molar-refractivity contribution in [3.63, 3.8) is 0 Å². The fourth-order valence-corrected chi connectivity index (χ4v) is 16.7. The van der Waals surface area contributed by atoms with Gasteiger partial charge in [-0.3, -0.25) is 0 Å². The lowest BCUT2D eigenvalue weighted by Crippen LogP contribution is -2.33. The molecule has 0 N–H and O–H groups in total. The molecule has 87 heavy (non-hydrogen) atoms. The van der Waals surface area contributed by atoms with Crippen LogP contribution in [0.15, 0.2) is 308 Å². The van der Waals surface area contributed by atoms with Gasteiger partial charge in [0.2, 0.25) is 0 Å². The highest BCUT2D eigenvalue weighted by molar-refractivity contribution is 6.13. The van der Waals surface area contributed by atoms with Crippen LogP contribution < -0.4 is 4.90 Å². The minimum absolute atomic E-state index is 0.478. The maximum atomic E-state index is 6.26. The number of fused-ring (bicyclic) bond motifs is 26. The lowest BCUT2D eigenvalue weighted by molar-refractivity contribution is 0.669. The van der Waals surface area contributed by atoms with Crippen LogP contribution in [-0.4, -0.2) is 4.57 Å². The summed E-state index contributed by atoms with van der Waals surface area (Å²) in [5, 5.41) is 7.19. The minimum Gasteiger partial charge on any atom is -0.456 e. The minimum atomic E-state index is -0.525. The Morgan fingerprint density at radius 2 is 0.724 bits per heavy atom. The number of hydrogen-bond acceptors (Lipinski definition) is 2. The zero-order valence-electron chi connectivity index (χ0n) is 47.2. The number of nitrogens with zero attached hydrogens (tertiary/aromatic N) is 2. The zero-order valence-corrected chi connectivity index (χ0v) is 47.2. The number of furan rings is 1. The Balaban J connectivity index is 0.745. The summed E-state index contributed by atoms with van der Waals surface area (Å²) in [6.07, 6.45) is 0. The van der Waals surface area contributed by atoms with Gasteiger partial charge in [0.15, 0.2) is 0 Å². The molecule has 3 heterocycles. The summed E-state index contributed by atoms with van der Waals surface area (Å²) in [6, 6.07) is 114. The van der Waals surface area contributed by atoms with Gasteiger partial charge in [-0.15, -0.1) is 0 Å². The Hall–Kier alpha value is -11.3. The predicted octanol–water partition coefficient (Wildman–Crippen LogP) is 21.7. The van der Waals surface area contributed by atoms with Gasteiger partial charge in [-0.05, 0) is 190 Å². The molecule has 2 aromatic heterocycles. The predicted molar refractivity (Wildman–Crippen MR) is 358 cm³/mol. The van der Waals surface area contributed by atoms with Crippen molar-refractivity contribution in [3.05, 3.63) is 348 Å². The van der Waals surface area contributed by atoms with E-state index >= 15 is 0 Å². The summed E-state index contributed by atoms with van der Waals surface area (Å²) in [5.74, 6) is 0. The molecule has 3 nitrogen and oxygen atoms in total. The van der Waals surface area contributed by atoms with Gasteiger partial charge in [0.1, 0.15) is 11.2 Å². The highest BCUT2D eigenvalue weighted by Crippen LogP contribution is 2.65. The number of aromatic nitrogens is 1. The quantitative estimate of drug-likeness (QED) is 0.171. The Morgan fingerprint density at radius 1 is 0.264 bits per heavy atom. The highest BCUT2D eigenvalue weighted by Gasteiger charge is 2.53. The van der Waals surface area contributed by atoms with Gasteiger partial charge in [0, 0.05) is 38.6 Å². The van der Waals surface area contributed by atoms with Gasteiger partial charge in [-0.2, -0.15) is 0 Å². The fourth-order valence-electron chi connectivity index (χ4n) is 16.7. The molecule has 4 aliphatic rings. The molecule has 16 aromatic rings. The summed E-state index contributed by atoms with van der Waals surface area (Å²) in [7, 11) is 0. The molecule has 0 unspecified atom stereocenters. The third kappa shape index (κ3) is 6.09. The summed E-state index contributed by atoms with van der Waals surface area (Å²) >= 11 is 0. The summed E-state index contributed by atoms with van der Waals surface area (Å²) in [6.45, 7) is 0. The molecule has 20 rings (SSSR count). The molecule has 0 amide bonds. The molecule has 0 fully saturated rings. The lowest BCUT2D eigenvalue weighted by atomic mass is 9.65. The third-order valence-corrected chi connectivity index (χ3v) is 20.2. The van der Waals surface area contributed by atoms with E-state index in [0.717, 1.165) is 50.1 Å². The first-order valence-electron chi connectivity index (χ1n) is 30.3.